The fourth-order valence-electron chi connectivity index (χ4n) is 1.22. The molecule has 16 heavy (non-hydrogen) atoms. The lowest BCUT2D eigenvalue weighted by Gasteiger charge is -2.05. The molecule has 1 heterocycles. The summed E-state index contributed by atoms with van der Waals surface area (Å²) in [6.07, 6.45) is 1.53. The quantitative estimate of drug-likeness (QED) is 0.699. The van der Waals surface area contributed by atoms with E-state index in [2.05, 4.69) is 9.68 Å². The van der Waals surface area contributed by atoms with Gasteiger partial charge in [0.15, 0.2) is 0 Å². The summed E-state index contributed by atoms with van der Waals surface area (Å²) >= 11 is 0. The smallest absolute Gasteiger partial charge is 0.124 e. The van der Waals surface area contributed by atoms with E-state index >= 15 is 0 Å². The normalized spacial score (nSPS) is 10.2. The zero-order valence-electron chi connectivity index (χ0n) is 8.83. The Hall–Kier alpha value is -1.81. The van der Waals surface area contributed by atoms with Crippen molar-refractivity contribution in [3.63, 3.8) is 0 Å². The van der Waals surface area contributed by atoms with E-state index in [1.807, 2.05) is 30.3 Å². The van der Waals surface area contributed by atoms with Crippen molar-refractivity contribution in [2.75, 3.05) is 13.2 Å². The highest BCUT2D eigenvalue weighted by molar-refractivity contribution is 5.20. The molecule has 0 N–H and O–H groups in total. The van der Waals surface area contributed by atoms with Gasteiger partial charge in [0.1, 0.15) is 24.3 Å². The van der Waals surface area contributed by atoms with Crippen LogP contribution < -0.4 is 4.74 Å². The summed E-state index contributed by atoms with van der Waals surface area (Å²) in [5.74, 6) is 0.854. The monoisotopic (exact) mass is 219 g/mol. The Labute approximate surface area is 93.8 Å². The molecule has 0 amide bonds. The number of aromatic nitrogens is 1. The van der Waals surface area contributed by atoms with Crippen LogP contribution in [0, 0.1) is 0 Å². The van der Waals surface area contributed by atoms with Gasteiger partial charge < -0.3 is 14.0 Å². The lowest BCUT2D eigenvalue weighted by molar-refractivity contribution is 0.0853. The molecule has 0 spiro atoms. The molecule has 0 radical (unpaired) electrons. The van der Waals surface area contributed by atoms with Crippen molar-refractivity contribution in [2.24, 2.45) is 0 Å². The summed E-state index contributed by atoms with van der Waals surface area (Å²) in [5.41, 5.74) is 0.791. The number of para-hydroxylation sites is 1. The molecule has 0 aliphatic heterocycles. The first-order valence-electron chi connectivity index (χ1n) is 5.10. The van der Waals surface area contributed by atoms with Gasteiger partial charge in [-0.05, 0) is 12.1 Å². The van der Waals surface area contributed by atoms with Crippen LogP contribution in [0.4, 0.5) is 0 Å². The molecule has 0 bridgehead atoms. The fourth-order valence-corrected chi connectivity index (χ4v) is 1.22. The highest BCUT2D eigenvalue weighted by Gasteiger charge is 1.96. The highest BCUT2D eigenvalue weighted by Crippen LogP contribution is 2.07. The van der Waals surface area contributed by atoms with Crippen LogP contribution in [-0.4, -0.2) is 18.4 Å². The average molecular weight is 219 g/mol. The molecular formula is C12H13NO3. The zero-order valence-corrected chi connectivity index (χ0v) is 8.83. The van der Waals surface area contributed by atoms with Gasteiger partial charge in [0.2, 0.25) is 0 Å². The van der Waals surface area contributed by atoms with Crippen LogP contribution in [-0.2, 0) is 11.3 Å². The minimum atomic E-state index is 0.453. The van der Waals surface area contributed by atoms with E-state index in [1.165, 1.54) is 6.26 Å². The van der Waals surface area contributed by atoms with Gasteiger partial charge in [-0.2, -0.15) is 0 Å². The summed E-state index contributed by atoms with van der Waals surface area (Å²) in [4.78, 5) is 0. The third kappa shape index (κ3) is 3.40. The predicted molar refractivity (Wildman–Crippen MR) is 58.1 cm³/mol. The Morgan fingerprint density at radius 1 is 1.06 bits per heavy atom. The molecule has 2 rings (SSSR count). The molecule has 1 aromatic heterocycles. The van der Waals surface area contributed by atoms with Crippen molar-refractivity contribution in [1.82, 2.24) is 5.16 Å². The third-order valence-corrected chi connectivity index (χ3v) is 1.98. The second-order valence-corrected chi connectivity index (χ2v) is 3.20. The molecule has 0 fully saturated rings. The van der Waals surface area contributed by atoms with Gasteiger partial charge in [-0.1, -0.05) is 23.4 Å². The van der Waals surface area contributed by atoms with E-state index in [1.54, 1.807) is 6.07 Å². The van der Waals surface area contributed by atoms with E-state index in [9.17, 15) is 0 Å². The van der Waals surface area contributed by atoms with Crippen LogP contribution >= 0.6 is 0 Å². The minimum absolute atomic E-state index is 0.453. The van der Waals surface area contributed by atoms with E-state index in [-0.39, 0.29) is 0 Å². The summed E-state index contributed by atoms with van der Waals surface area (Å²) in [5, 5.41) is 3.73. The van der Waals surface area contributed by atoms with Gasteiger partial charge in [0.05, 0.1) is 13.2 Å². The molecule has 4 heteroatoms. The molecule has 4 nitrogen and oxygen atoms in total. The SMILES string of the molecule is c1ccc(OCCOCc2ccon2)cc1. The molecule has 84 valence electrons. The standard InChI is InChI=1S/C12H13NO3/c1-2-4-12(5-3-1)15-9-8-14-10-11-6-7-16-13-11/h1-7H,8-10H2. The molecule has 0 atom stereocenters. The van der Waals surface area contributed by atoms with Crippen molar-refractivity contribution < 1.29 is 14.0 Å². The van der Waals surface area contributed by atoms with Crippen LogP contribution in [0.15, 0.2) is 47.2 Å². The summed E-state index contributed by atoms with van der Waals surface area (Å²) in [6, 6.07) is 11.4. The van der Waals surface area contributed by atoms with Crippen molar-refractivity contribution in [3.8, 4) is 5.75 Å². The third-order valence-electron chi connectivity index (χ3n) is 1.98. The van der Waals surface area contributed by atoms with Crippen molar-refractivity contribution in [2.45, 2.75) is 6.61 Å². The van der Waals surface area contributed by atoms with Gasteiger partial charge in [-0.3, -0.25) is 0 Å². The van der Waals surface area contributed by atoms with Crippen LogP contribution in [0.25, 0.3) is 0 Å². The number of benzene rings is 1. The van der Waals surface area contributed by atoms with E-state index in [4.69, 9.17) is 9.47 Å². The first-order valence-corrected chi connectivity index (χ1v) is 5.10. The second kappa shape index (κ2) is 5.92. The molecule has 0 aliphatic rings. The number of nitrogens with zero attached hydrogens (tertiary/aromatic N) is 1. The lowest BCUT2D eigenvalue weighted by Crippen LogP contribution is -2.06. The predicted octanol–water partition coefficient (Wildman–Crippen LogP) is 2.27. The van der Waals surface area contributed by atoms with Crippen LogP contribution in [0.3, 0.4) is 0 Å². The molecule has 0 unspecified atom stereocenters. The maximum Gasteiger partial charge on any atom is 0.124 e. The number of hydrogen-bond acceptors (Lipinski definition) is 4. The molecule has 0 saturated heterocycles. The van der Waals surface area contributed by atoms with Crippen molar-refractivity contribution in [1.29, 1.82) is 0 Å². The Kier molecular flexibility index (Phi) is 3.96. The van der Waals surface area contributed by atoms with Crippen molar-refractivity contribution in [3.05, 3.63) is 48.4 Å². The first kappa shape index (κ1) is 10.7. The Balaban J connectivity index is 1.59. The van der Waals surface area contributed by atoms with Gasteiger partial charge in [-0.25, -0.2) is 0 Å². The molecule has 0 aliphatic carbocycles. The second-order valence-electron chi connectivity index (χ2n) is 3.20. The van der Waals surface area contributed by atoms with E-state index < -0.39 is 0 Å². The number of hydrogen-bond donors (Lipinski definition) is 0. The minimum Gasteiger partial charge on any atom is -0.491 e. The lowest BCUT2D eigenvalue weighted by atomic mass is 10.3. The van der Waals surface area contributed by atoms with Crippen LogP contribution in [0.5, 0.6) is 5.75 Å². The van der Waals surface area contributed by atoms with E-state index in [0.717, 1.165) is 11.4 Å². The topological polar surface area (TPSA) is 44.5 Å². The maximum atomic E-state index is 5.46. The van der Waals surface area contributed by atoms with E-state index in [0.29, 0.717) is 19.8 Å². The largest absolute Gasteiger partial charge is 0.491 e. The summed E-state index contributed by atoms with van der Waals surface area (Å²) < 4.78 is 15.5. The number of ether oxygens (including phenoxy) is 2. The Bertz CT molecular complexity index is 386. The molecule has 2 aromatic rings. The summed E-state index contributed by atoms with van der Waals surface area (Å²) in [7, 11) is 0. The Morgan fingerprint density at radius 2 is 1.94 bits per heavy atom. The maximum absolute atomic E-state index is 5.46. The highest BCUT2D eigenvalue weighted by atomic mass is 16.5. The summed E-state index contributed by atoms with van der Waals surface area (Å²) in [6.45, 7) is 1.51. The zero-order chi connectivity index (χ0) is 11.1. The molecule has 1 aromatic carbocycles. The molecule has 0 saturated carbocycles. The van der Waals surface area contributed by atoms with Crippen LogP contribution in [0.1, 0.15) is 5.69 Å². The fraction of sp³-hybridized carbons (Fsp3) is 0.250. The average Bonchev–Trinajstić information content (AvgIpc) is 2.83. The Morgan fingerprint density at radius 3 is 2.69 bits per heavy atom. The van der Waals surface area contributed by atoms with Crippen molar-refractivity contribution >= 4 is 0 Å². The van der Waals surface area contributed by atoms with Gasteiger partial charge in [-0.15, -0.1) is 0 Å². The van der Waals surface area contributed by atoms with Gasteiger partial charge >= 0.3 is 0 Å². The molecular weight excluding hydrogens is 206 g/mol. The number of rotatable bonds is 6. The van der Waals surface area contributed by atoms with Crippen LogP contribution in [0.2, 0.25) is 0 Å². The van der Waals surface area contributed by atoms with Gasteiger partial charge in [0.25, 0.3) is 0 Å². The first-order chi connectivity index (χ1) is 7.95. The van der Waals surface area contributed by atoms with Gasteiger partial charge in [0, 0.05) is 6.07 Å².